The number of rotatable bonds is 21. The summed E-state index contributed by atoms with van der Waals surface area (Å²) >= 11 is 0. The lowest BCUT2D eigenvalue weighted by Crippen LogP contribution is -2.62. The summed E-state index contributed by atoms with van der Waals surface area (Å²) in [5.74, 6) is -0.997. The number of benzene rings is 1. The Bertz CT molecular complexity index is 960. The second-order valence-electron chi connectivity index (χ2n) is 9.56. The van der Waals surface area contributed by atoms with Gasteiger partial charge in [0, 0.05) is 24.7 Å². The Balaban J connectivity index is 2.40. The van der Waals surface area contributed by atoms with Crippen molar-refractivity contribution in [1.29, 1.82) is 0 Å². The highest BCUT2D eigenvalue weighted by atomic mass is 33.1. The van der Waals surface area contributed by atoms with E-state index in [-0.39, 0.29) is 30.7 Å². The molecule has 43 heavy (non-hydrogen) atoms. The maximum atomic E-state index is 14.2. The third-order valence-corrected chi connectivity index (χ3v) is 7.90. The first-order valence-electron chi connectivity index (χ1n) is 14.6. The lowest BCUT2D eigenvalue weighted by molar-refractivity contribution is -0.310. The fourth-order valence-corrected chi connectivity index (χ4v) is 5.15. The van der Waals surface area contributed by atoms with Crippen LogP contribution in [0.15, 0.2) is 40.4 Å². The monoisotopic (exact) mass is 652 g/mol. The van der Waals surface area contributed by atoms with Gasteiger partial charge in [0.15, 0.2) is 0 Å². The molecule has 5 atom stereocenters. The summed E-state index contributed by atoms with van der Waals surface area (Å²) in [6, 6.07) is 7.77. The van der Waals surface area contributed by atoms with Gasteiger partial charge in [-0.3, -0.25) is 0 Å². The molecule has 0 aromatic heterocycles. The number of para-hydroxylation sites is 1. The van der Waals surface area contributed by atoms with Gasteiger partial charge in [-0.1, -0.05) is 84.9 Å². The Hall–Kier alpha value is -1.71. The molecule has 2 rings (SSSR count). The number of alkyl halides is 3. The zero-order valence-corrected chi connectivity index (χ0v) is 26.6. The number of nitrogens with zero attached hydrogens (tertiary/aromatic N) is 4. The number of ether oxygens (including phenoxy) is 6. The first kappa shape index (κ1) is 37.5. The molecule has 1 aromatic carbocycles. The zero-order chi connectivity index (χ0) is 31.3. The summed E-state index contributed by atoms with van der Waals surface area (Å²) in [7, 11) is 2.64. The second kappa shape index (κ2) is 21.9. The SMILES string of the molecule is CCCCOC1[C@@H](OCCCC)C(COCSSCN=[N+]=[N-])O[C@@H](OC(=Nc2ccccc2)C(F)(F)F)[C@H]1OCCCC. The van der Waals surface area contributed by atoms with Crippen molar-refractivity contribution in [2.24, 2.45) is 10.1 Å². The largest absolute Gasteiger partial charge is 0.468 e. The zero-order valence-electron chi connectivity index (χ0n) is 24.9. The predicted octanol–water partition coefficient (Wildman–Crippen LogP) is 8.20. The molecule has 1 aliphatic rings. The minimum Gasteiger partial charge on any atom is -0.441 e. The van der Waals surface area contributed by atoms with Crippen LogP contribution in [0.3, 0.4) is 0 Å². The Labute approximate surface area is 259 Å². The number of halogens is 3. The van der Waals surface area contributed by atoms with Gasteiger partial charge in [0.2, 0.25) is 6.29 Å². The van der Waals surface area contributed by atoms with E-state index in [9.17, 15) is 13.2 Å². The van der Waals surface area contributed by atoms with Crippen molar-refractivity contribution in [2.45, 2.75) is 96.2 Å². The fraction of sp³-hybridized carbons (Fsp3) is 0.750. The maximum Gasteiger partial charge on any atom is 0.468 e. The summed E-state index contributed by atoms with van der Waals surface area (Å²) in [4.78, 5) is 6.47. The summed E-state index contributed by atoms with van der Waals surface area (Å²) < 4.78 is 78.9. The number of hydrogen-bond acceptors (Lipinski definition) is 10. The smallest absolute Gasteiger partial charge is 0.441 e. The molecule has 1 aromatic rings. The molecular weight excluding hydrogens is 609 g/mol. The normalized spacial score (nSPS) is 22.7. The van der Waals surface area contributed by atoms with Crippen molar-refractivity contribution in [3.05, 3.63) is 40.8 Å². The summed E-state index contributed by atoms with van der Waals surface area (Å²) in [6.45, 7) is 7.09. The van der Waals surface area contributed by atoms with E-state index >= 15 is 0 Å². The molecule has 0 amide bonds. The minimum atomic E-state index is -4.90. The molecule has 1 fully saturated rings. The van der Waals surface area contributed by atoms with Crippen molar-refractivity contribution < 1.29 is 41.6 Å². The molecule has 0 aliphatic carbocycles. The molecule has 0 spiro atoms. The van der Waals surface area contributed by atoms with Crippen LogP contribution in [0.25, 0.3) is 10.4 Å². The molecule has 1 aliphatic heterocycles. The van der Waals surface area contributed by atoms with Gasteiger partial charge >= 0.3 is 6.18 Å². The molecular formula is C28H43F3N4O6S2. The Morgan fingerprint density at radius 3 is 2.09 bits per heavy atom. The minimum absolute atomic E-state index is 0.00176. The van der Waals surface area contributed by atoms with Gasteiger partial charge in [-0.25, -0.2) is 4.99 Å². The molecule has 10 nitrogen and oxygen atoms in total. The number of aliphatic imine (C=N–C) groups is 1. The lowest BCUT2D eigenvalue weighted by Gasteiger charge is -2.45. The molecule has 0 bridgehead atoms. The third-order valence-electron chi connectivity index (χ3n) is 6.14. The van der Waals surface area contributed by atoms with Gasteiger partial charge in [0.1, 0.15) is 30.4 Å². The highest BCUT2D eigenvalue weighted by Crippen LogP contribution is 2.33. The molecule has 1 saturated heterocycles. The van der Waals surface area contributed by atoms with E-state index in [1.54, 1.807) is 18.2 Å². The highest BCUT2D eigenvalue weighted by Gasteiger charge is 2.52. The van der Waals surface area contributed by atoms with Gasteiger partial charge in [0.25, 0.3) is 5.90 Å². The first-order valence-corrected chi connectivity index (χ1v) is 17.0. The van der Waals surface area contributed by atoms with Crippen LogP contribution in [0, 0.1) is 0 Å². The van der Waals surface area contributed by atoms with Crippen molar-refractivity contribution in [3.8, 4) is 0 Å². The standard InChI is InChI=1S/C28H43F3N4O6S2/c1-4-7-15-37-23-22(18-36-20-43-42-19-33-35-32)40-26(25(39-17-9-6-3)24(23)38-16-8-5-2)41-27(28(29,30)31)34-21-13-11-10-12-14-21/h10-14,22-26H,4-9,15-20H2,1-3H3/t22?,23-,24?,25-,26-/m0/s1. The molecule has 15 heteroatoms. The van der Waals surface area contributed by atoms with E-state index < -0.39 is 42.8 Å². The molecule has 0 radical (unpaired) electrons. The average Bonchev–Trinajstić information content (AvgIpc) is 2.98. The van der Waals surface area contributed by atoms with Crippen LogP contribution in [0.1, 0.15) is 59.3 Å². The van der Waals surface area contributed by atoms with E-state index in [0.29, 0.717) is 19.6 Å². The first-order chi connectivity index (χ1) is 20.8. The van der Waals surface area contributed by atoms with E-state index in [1.807, 2.05) is 20.8 Å². The molecule has 0 saturated carbocycles. The van der Waals surface area contributed by atoms with Gasteiger partial charge < -0.3 is 28.4 Å². The Morgan fingerprint density at radius 2 is 1.51 bits per heavy atom. The van der Waals surface area contributed by atoms with Crippen molar-refractivity contribution in [3.63, 3.8) is 0 Å². The number of hydrogen-bond donors (Lipinski definition) is 0. The van der Waals surface area contributed by atoms with Crippen LogP contribution < -0.4 is 0 Å². The second-order valence-corrected chi connectivity index (χ2v) is 11.9. The molecule has 0 N–H and O–H groups in total. The van der Waals surface area contributed by atoms with Gasteiger partial charge in [-0.2, -0.15) is 13.2 Å². The van der Waals surface area contributed by atoms with Crippen LogP contribution >= 0.6 is 21.6 Å². The van der Waals surface area contributed by atoms with Crippen molar-refractivity contribution in [2.75, 3.05) is 38.2 Å². The topological polar surface area (TPSA) is 117 Å². The van der Waals surface area contributed by atoms with Crippen LogP contribution in [-0.2, 0) is 28.4 Å². The number of azide groups is 1. The van der Waals surface area contributed by atoms with Crippen LogP contribution in [0.2, 0.25) is 0 Å². The number of unbranched alkanes of at least 4 members (excludes halogenated alkanes) is 3. The highest BCUT2D eigenvalue weighted by molar-refractivity contribution is 8.76. The molecule has 2 unspecified atom stereocenters. The summed E-state index contributed by atoms with van der Waals surface area (Å²) in [5, 5.41) is 3.46. The fourth-order valence-electron chi connectivity index (χ4n) is 3.97. The average molecular weight is 653 g/mol. The van der Waals surface area contributed by atoms with Gasteiger partial charge in [-0.15, -0.1) is 0 Å². The van der Waals surface area contributed by atoms with Gasteiger partial charge in [-0.05, 0) is 36.9 Å². The Morgan fingerprint density at radius 1 is 0.907 bits per heavy atom. The summed E-state index contributed by atoms with van der Waals surface area (Å²) in [5.41, 5.74) is 8.51. The van der Waals surface area contributed by atoms with E-state index in [4.69, 9.17) is 34.0 Å². The van der Waals surface area contributed by atoms with E-state index in [1.165, 1.54) is 33.7 Å². The maximum absolute atomic E-state index is 14.2. The lowest BCUT2D eigenvalue weighted by atomic mass is 9.98. The van der Waals surface area contributed by atoms with Crippen LogP contribution in [-0.4, -0.2) is 81.0 Å². The van der Waals surface area contributed by atoms with Gasteiger partial charge in [0.05, 0.1) is 18.2 Å². The Kier molecular flexibility index (Phi) is 19.1. The summed E-state index contributed by atoms with van der Waals surface area (Å²) in [6.07, 6.45) is -4.92. The predicted molar refractivity (Wildman–Crippen MR) is 163 cm³/mol. The van der Waals surface area contributed by atoms with Crippen LogP contribution in [0.5, 0.6) is 0 Å². The molecule has 244 valence electrons. The van der Waals surface area contributed by atoms with Crippen molar-refractivity contribution in [1.82, 2.24) is 0 Å². The van der Waals surface area contributed by atoms with Crippen LogP contribution in [0.4, 0.5) is 18.9 Å². The quantitative estimate of drug-likeness (QED) is 0.0191. The molecule has 1 heterocycles. The third kappa shape index (κ3) is 14.3. The van der Waals surface area contributed by atoms with Crippen molar-refractivity contribution >= 4 is 33.2 Å². The van der Waals surface area contributed by atoms with E-state index in [0.717, 1.165) is 32.1 Å². The van der Waals surface area contributed by atoms with E-state index in [2.05, 4.69) is 15.0 Å².